The molecule has 0 saturated heterocycles. The highest BCUT2D eigenvalue weighted by atomic mass is 32.2. The molecule has 0 bridgehead atoms. The maximum Gasteiger partial charge on any atom is 0.157 e. The van der Waals surface area contributed by atoms with Gasteiger partial charge in [-0.1, -0.05) is 0 Å². The number of rotatable bonds is 5. The average Bonchev–Trinajstić information content (AvgIpc) is 2.46. The molecule has 0 aliphatic carbocycles. The van der Waals surface area contributed by atoms with Gasteiger partial charge in [-0.15, -0.1) is 0 Å². The first kappa shape index (κ1) is 14.2. The summed E-state index contributed by atoms with van der Waals surface area (Å²) in [5.41, 5.74) is 5.59. The fraction of sp³-hybridized carbons (Fsp3) is 0.727. The van der Waals surface area contributed by atoms with E-state index >= 15 is 0 Å². The molecular weight excluding hydrogens is 238 g/mol. The molecule has 0 unspecified atom stereocenters. The molecule has 0 aliphatic rings. The summed E-state index contributed by atoms with van der Waals surface area (Å²) in [6.07, 6.45) is 1.79. The Morgan fingerprint density at radius 1 is 1.47 bits per heavy atom. The van der Waals surface area contributed by atoms with Crippen molar-refractivity contribution in [3.05, 3.63) is 18.0 Å². The van der Waals surface area contributed by atoms with Gasteiger partial charge < -0.3 is 5.73 Å². The van der Waals surface area contributed by atoms with Crippen molar-refractivity contribution in [1.82, 2.24) is 9.78 Å². The molecule has 17 heavy (non-hydrogen) atoms. The molecule has 0 saturated carbocycles. The Balaban J connectivity index is 2.77. The summed E-state index contributed by atoms with van der Waals surface area (Å²) in [6.45, 7) is 7.40. The lowest BCUT2D eigenvalue weighted by Gasteiger charge is -2.17. The average molecular weight is 259 g/mol. The summed E-state index contributed by atoms with van der Waals surface area (Å²) in [4.78, 5) is 0. The normalized spacial score (nSPS) is 13.3. The van der Waals surface area contributed by atoms with Crippen molar-refractivity contribution in [3.63, 3.8) is 0 Å². The van der Waals surface area contributed by atoms with Crippen LogP contribution in [0.15, 0.2) is 12.3 Å². The van der Waals surface area contributed by atoms with Crippen LogP contribution in [0.25, 0.3) is 0 Å². The SMILES string of the molecule is CC(C)n1ccc(CS(=O)(=O)CC(C)(C)N)n1. The monoisotopic (exact) mass is 259 g/mol. The molecule has 6 heteroatoms. The smallest absolute Gasteiger partial charge is 0.157 e. The van der Waals surface area contributed by atoms with Crippen LogP contribution in [-0.2, 0) is 15.6 Å². The van der Waals surface area contributed by atoms with Gasteiger partial charge in [-0.2, -0.15) is 5.10 Å². The highest BCUT2D eigenvalue weighted by molar-refractivity contribution is 7.90. The van der Waals surface area contributed by atoms with Gasteiger partial charge in [0.25, 0.3) is 0 Å². The van der Waals surface area contributed by atoms with Gasteiger partial charge in [-0.25, -0.2) is 8.42 Å². The number of nitrogens with zero attached hydrogens (tertiary/aromatic N) is 2. The first-order valence-electron chi connectivity index (χ1n) is 5.62. The van der Waals surface area contributed by atoms with Crippen LogP contribution in [0.3, 0.4) is 0 Å². The van der Waals surface area contributed by atoms with Crippen molar-refractivity contribution < 1.29 is 8.42 Å². The third-order valence-corrected chi connectivity index (χ3v) is 4.07. The van der Waals surface area contributed by atoms with Crippen molar-refractivity contribution in [2.75, 3.05) is 5.75 Å². The van der Waals surface area contributed by atoms with Gasteiger partial charge in [0.1, 0.15) is 0 Å². The minimum Gasteiger partial charge on any atom is -0.325 e. The van der Waals surface area contributed by atoms with Crippen molar-refractivity contribution in [2.45, 2.75) is 45.0 Å². The van der Waals surface area contributed by atoms with Crippen LogP contribution < -0.4 is 5.73 Å². The van der Waals surface area contributed by atoms with Crippen molar-refractivity contribution >= 4 is 9.84 Å². The molecule has 0 radical (unpaired) electrons. The van der Waals surface area contributed by atoms with E-state index in [2.05, 4.69) is 5.10 Å². The van der Waals surface area contributed by atoms with Gasteiger partial charge >= 0.3 is 0 Å². The number of hydrogen-bond donors (Lipinski definition) is 1. The molecule has 0 amide bonds. The van der Waals surface area contributed by atoms with Gasteiger partial charge in [-0.05, 0) is 33.8 Å². The molecule has 1 rings (SSSR count). The summed E-state index contributed by atoms with van der Waals surface area (Å²) in [6, 6.07) is 1.97. The Hall–Kier alpha value is -0.880. The summed E-state index contributed by atoms with van der Waals surface area (Å²) in [5, 5.41) is 4.22. The van der Waals surface area contributed by atoms with Crippen LogP contribution in [0, 0.1) is 0 Å². The topological polar surface area (TPSA) is 78.0 Å². The van der Waals surface area contributed by atoms with E-state index in [0.717, 1.165) is 0 Å². The summed E-state index contributed by atoms with van der Waals surface area (Å²) >= 11 is 0. The molecule has 0 atom stereocenters. The Kier molecular flexibility index (Phi) is 3.99. The second-order valence-corrected chi connectivity index (χ2v) is 7.47. The second-order valence-electron chi connectivity index (χ2n) is 5.40. The molecule has 1 aromatic heterocycles. The lowest BCUT2D eigenvalue weighted by molar-refractivity contribution is 0.525. The van der Waals surface area contributed by atoms with Crippen LogP contribution in [0.4, 0.5) is 0 Å². The van der Waals surface area contributed by atoms with Crippen LogP contribution >= 0.6 is 0 Å². The summed E-state index contributed by atoms with van der Waals surface area (Å²) in [7, 11) is -3.21. The molecular formula is C11H21N3O2S. The predicted molar refractivity (Wildman–Crippen MR) is 68.4 cm³/mol. The van der Waals surface area contributed by atoms with E-state index in [1.807, 2.05) is 13.8 Å². The van der Waals surface area contributed by atoms with E-state index in [-0.39, 0.29) is 17.5 Å². The molecule has 98 valence electrons. The van der Waals surface area contributed by atoms with E-state index in [1.54, 1.807) is 30.8 Å². The van der Waals surface area contributed by atoms with E-state index < -0.39 is 15.4 Å². The Morgan fingerprint density at radius 3 is 2.47 bits per heavy atom. The maximum atomic E-state index is 11.9. The van der Waals surface area contributed by atoms with Crippen LogP contribution in [-0.4, -0.2) is 29.5 Å². The number of aromatic nitrogens is 2. The quantitative estimate of drug-likeness (QED) is 0.859. The van der Waals surface area contributed by atoms with E-state index in [1.165, 1.54) is 0 Å². The molecule has 0 aromatic carbocycles. The lowest BCUT2D eigenvalue weighted by atomic mass is 10.1. The highest BCUT2D eigenvalue weighted by Gasteiger charge is 2.23. The minimum atomic E-state index is -3.21. The molecule has 5 nitrogen and oxygen atoms in total. The highest BCUT2D eigenvalue weighted by Crippen LogP contribution is 2.11. The van der Waals surface area contributed by atoms with E-state index in [0.29, 0.717) is 5.69 Å². The summed E-state index contributed by atoms with van der Waals surface area (Å²) < 4.78 is 25.5. The van der Waals surface area contributed by atoms with Gasteiger partial charge in [0.05, 0.1) is 17.2 Å². The standard InChI is InChI=1S/C11H21N3O2S/c1-9(2)14-6-5-10(13-14)7-17(15,16)8-11(3,4)12/h5-6,9H,7-8,12H2,1-4H3. The second kappa shape index (κ2) is 4.78. The van der Waals surface area contributed by atoms with Gasteiger partial charge in [-0.3, -0.25) is 4.68 Å². The lowest BCUT2D eigenvalue weighted by Crippen LogP contribution is -2.40. The zero-order valence-electron chi connectivity index (χ0n) is 10.8. The first-order valence-corrected chi connectivity index (χ1v) is 7.44. The van der Waals surface area contributed by atoms with Gasteiger partial charge in [0.2, 0.25) is 0 Å². The number of nitrogens with two attached hydrogens (primary N) is 1. The molecule has 2 N–H and O–H groups in total. The van der Waals surface area contributed by atoms with Crippen molar-refractivity contribution in [1.29, 1.82) is 0 Å². The van der Waals surface area contributed by atoms with Crippen LogP contribution in [0.2, 0.25) is 0 Å². The van der Waals surface area contributed by atoms with Gasteiger partial charge in [0, 0.05) is 17.8 Å². The first-order chi connectivity index (χ1) is 7.59. The number of hydrogen-bond acceptors (Lipinski definition) is 4. The molecule has 0 aliphatic heterocycles. The predicted octanol–water partition coefficient (Wildman–Crippen LogP) is 1.12. The van der Waals surface area contributed by atoms with E-state index in [4.69, 9.17) is 5.73 Å². The zero-order valence-corrected chi connectivity index (χ0v) is 11.7. The molecule has 1 aromatic rings. The molecule has 0 fully saturated rings. The summed E-state index contributed by atoms with van der Waals surface area (Å²) in [5.74, 6) is -0.0815. The third-order valence-electron chi connectivity index (χ3n) is 2.15. The van der Waals surface area contributed by atoms with Gasteiger partial charge in [0.15, 0.2) is 9.84 Å². The Morgan fingerprint density at radius 2 is 2.06 bits per heavy atom. The fourth-order valence-electron chi connectivity index (χ4n) is 1.59. The van der Waals surface area contributed by atoms with Crippen LogP contribution in [0.1, 0.15) is 39.4 Å². The Labute approximate surface area is 103 Å². The minimum absolute atomic E-state index is 0.0332. The van der Waals surface area contributed by atoms with E-state index in [9.17, 15) is 8.42 Å². The molecule has 0 spiro atoms. The largest absolute Gasteiger partial charge is 0.325 e. The van der Waals surface area contributed by atoms with Crippen molar-refractivity contribution in [3.8, 4) is 0 Å². The molecule has 1 heterocycles. The van der Waals surface area contributed by atoms with Crippen molar-refractivity contribution in [2.24, 2.45) is 5.73 Å². The Bertz CT molecular complexity index is 469. The number of sulfone groups is 1. The fourth-order valence-corrected chi connectivity index (χ4v) is 3.43. The third kappa shape index (κ3) is 4.87. The van der Waals surface area contributed by atoms with Crippen LogP contribution in [0.5, 0.6) is 0 Å². The zero-order chi connectivity index (χ0) is 13.3. The maximum absolute atomic E-state index is 11.9.